The molecule has 2 atom stereocenters. The zero-order valence-electron chi connectivity index (χ0n) is 14.8. The Kier molecular flexibility index (Phi) is 6.27. The van der Waals surface area contributed by atoms with Gasteiger partial charge in [0, 0.05) is 32.3 Å². The van der Waals surface area contributed by atoms with E-state index in [1.807, 2.05) is 0 Å². The van der Waals surface area contributed by atoms with E-state index in [1.54, 1.807) is 0 Å². The Morgan fingerprint density at radius 3 is 2.96 bits per heavy atom. The Morgan fingerprint density at radius 1 is 1.21 bits per heavy atom. The summed E-state index contributed by atoms with van der Waals surface area (Å²) in [5, 5.41) is 3.08. The van der Waals surface area contributed by atoms with Crippen LogP contribution in [0.3, 0.4) is 0 Å². The summed E-state index contributed by atoms with van der Waals surface area (Å²) < 4.78 is 5.64. The molecule has 1 amide bonds. The van der Waals surface area contributed by atoms with Gasteiger partial charge in [-0.25, -0.2) is 0 Å². The lowest BCUT2D eigenvalue weighted by atomic mass is 9.82. The molecule has 0 aromatic heterocycles. The fourth-order valence-corrected chi connectivity index (χ4v) is 4.11. The second-order valence-corrected chi connectivity index (χ2v) is 7.17. The summed E-state index contributed by atoms with van der Waals surface area (Å²) in [6, 6.07) is 9.09. The number of benzene rings is 1. The van der Waals surface area contributed by atoms with Crippen LogP contribution < -0.4 is 5.32 Å². The minimum absolute atomic E-state index is 0.127. The Morgan fingerprint density at radius 2 is 2.08 bits per heavy atom. The van der Waals surface area contributed by atoms with Gasteiger partial charge in [0.25, 0.3) is 0 Å². The van der Waals surface area contributed by atoms with Crippen LogP contribution in [0.15, 0.2) is 24.3 Å². The van der Waals surface area contributed by atoms with Crippen LogP contribution >= 0.6 is 0 Å². The molecule has 1 aromatic carbocycles. The van der Waals surface area contributed by atoms with E-state index < -0.39 is 0 Å². The van der Waals surface area contributed by atoms with Crippen molar-refractivity contribution in [2.45, 2.75) is 51.6 Å². The van der Waals surface area contributed by atoms with E-state index in [1.165, 1.54) is 24.0 Å². The summed E-state index contributed by atoms with van der Waals surface area (Å²) in [6.07, 6.45) is 5.58. The first-order valence-electron chi connectivity index (χ1n) is 9.39. The van der Waals surface area contributed by atoms with Crippen LogP contribution in [0.4, 0.5) is 0 Å². The SMILES string of the molecule is Cc1cccc(CN2CCCOCCNC(=O)[C@@H]3CCCC[C@@H]32)c1. The van der Waals surface area contributed by atoms with Crippen molar-refractivity contribution in [3.63, 3.8) is 0 Å². The molecule has 1 heterocycles. The van der Waals surface area contributed by atoms with E-state index in [4.69, 9.17) is 4.74 Å². The lowest BCUT2D eigenvalue weighted by Crippen LogP contribution is -2.48. The second kappa shape index (κ2) is 8.63. The number of aryl methyl sites for hydroxylation is 1. The molecule has 1 aromatic rings. The van der Waals surface area contributed by atoms with Gasteiger partial charge in [0.1, 0.15) is 0 Å². The lowest BCUT2D eigenvalue weighted by molar-refractivity contribution is -0.128. The summed E-state index contributed by atoms with van der Waals surface area (Å²) in [4.78, 5) is 15.2. The third-order valence-electron chi connectivity index (χ3n) is 5.28. The summed E-state index contributed by atoms with van der Waals surface area (Å²) in [5.41, 5.74) is 2.64. The maximum absolute atomic E-state index is 12.6. The fourth-order valence-electron chi connectivity index (χ4n) is 4.11. The molecule has 1 saturated heterocycles. The monoisotopic (exact) mass is 330 g/mol. The number of nitrogens with zero attached hydrogens (tertiary/aromatic N) is 1. The van der Waals surface area contributed by atoms with E-state index in [0.717, 1.165) is 39.0 Å². The third kappa shape index (κ3) is 4.58. The Hall–Kier alpha value is -1.39. The first kappa shape index (κ1) is 17.4. The topological polar surface area (TPSA) is 41.6 Å². The van der Waals surface area contributed by atoms with Gasteiger partial charge in [0.15, 0.2) is 0 Å². The Balaban J connectivity index is 1.79. The molecule has 4 heteroatoms. The summed E-state index contributed by atoms with van der Waals surface area (Å²) in [7, 11) is 0. The number of nitrogens with one attached hydrogen (secondary N) is 1. The number of fused-ring (bicyclic) bond motifs is 1. The third-order valence-corrected chi connectivity index (χ3v) is 5.28. The molecule has 4 nitrogen and oxygen atoms in total. The van der Waals surface area contributed by atoms with Crippen LogP contribution in [-0.4, -0.2) is 43.2 Å². The number of ether oxygens (including phenoxy) is 1. The molecule has 2 aliphatic rings. The van der Waals surface area contributed by atoms with E-state index in [2.05, 4.69) is 41.4 Å². The van der Waals surface area contributed by atoms with Crippen molar-refractivity contribution in [3.05, 3.63) is 35.4 Å². The maximum atomic E-state index is 12.6. The van der Waals surface area contributed by atoms with Gasteiger partial charge in [-0.05, 0) is 31.7 Å². The highest BCUT2D eigenvalue weighted by Gasteiger charge is 2.34. The van der Waals surface area contributed by atoms with Crippen LogP contribution in [0.5, 0.6) is 0 Å². The number of hydrogen-bond donors (Lipinski definition) is 1. The average molecular weight is 330 g/mol. The number of amides is 1. The van der Waals surface area contributed by atoms with Crippen molar-refractivity contribution >= 4 is 5.91 Å². The van der Waals surface area contributed by atoms with Crippen LogP contribution in [0.2, 0.25) is 0 Å². The van der Waals surface area contributed by atoms with Gasteiger partial charge in [-0.2, -0.15) is 0 Å². The van der Waals surface area contributed by atoms with Crippen LogP contribution in [0.1, 0.15) is 43.2 Å². The molecule has 1 N–H and O–H groups in total. The van der Waals surface area contributed by atoms with Gasteiger partial charge in [0.05, 0.1) is 12.5 Å². The zero-order valence-corrected chi connectivity index (χ0v) is 14.8. The second-order valence-electron chi connectivity index (χ2n) is 7.17. The lowest BCUT2D eigenvalue weighted by Gasteiger charge is -2.39. The minimum atomic E-state index is 0.127. The number of carbonyl (C=O) groups excluding carboxylic acids is 1. The predicted octanol–water partition coefficient (Wildman–Crippen LogP) is 2.89. The molecule has 0 bridgehead atoms. The molecule has 0 unspecified atom stereocenters. The summed E-state index contributed by atoms with van der Waals surface area (Å²) in [6.45, 7) is 6.11. The van der Waals surface area contributed by atoms with Gasteiger partial charge >= 0.3 is 0 Å². The van der Waals surface area contributed by atoms with Crippen LogP contribution in [0, 0.1) is 12.8 Å². The van der Waals surface area contributed by atoms with Crippen LogP contribution in [0.25, 0.3) is 0 Å². The van der Waals surface area contributed by atoms with Gasteiger partial charge < -0.3 is 10.1 Å². The van der Waals surface area contributed by atoms with Crippen LogP contribution in [-0.2, 0) is 16.1 Å². The molecule has 3 rings (SSSR count). The highest BCUT2D eigenvalue weighted by Crippen LogP contribution is 2.30. The highest BCUT2D eigenvalue weighted by atomic mass is 16.5. The predicted molar refractivity (Wildman–Crippen MR) is 95.8 cm³/mol. The smallest absolute Gasteiger partial charge is 0.224 e. The first-order valence-corrected chi connectivity index (χ1v) is 9.39. The van der Waals surface area contributed by atoms with Gasteiger partial charge in [-0.1, -0.05) is 42.7 Å². The quantitative estimate of drug-likeness (QED) is 0.906. The molecule has 1 saturated carbocycles. The van der Waals surface area contributed by atoms with Gasteiger partial charge in [-0.15, -0.1) is 0 Å². The molecule has 1 aliphatic carbocycles. The Bertz CT molecular complexity index is 546. The van der Waals surface area contributed by atoms with Crippen molar-refractivity contribution in [2.75, 3.05) is 26.3 Å². The number of hydrogen-bond acceptors (Lipinski definition) is 3. The molecule has 24 heavy (non-hydrogen) atoms. The van der Waals surface area contributed by atoms with Crippen molar-refractivity contribution < 1.29 is 9.53 Å². The fraction of sp³-hybridized carbons (Fsp3) is 0.650. The first-order chi connectivity index (χ1) is 11.7. The normalized spacial score (nSPS) is 27.0. The molecular formula is C20H30N2O2. The Labute approximate surface area is 145 Å². The number of carbonyl (C=O) groups is 1. The largest absolute Gasteiger partial charge is 0.380 e. The maximum Gasteiger partial charge on any atom is 0.224 e. The zero-order chi connectivity index (χ0) is 16.8. The summed E-state index contributed by atoms with van der Waals surface area (Å²) >= 11 is 0. The van der Waals surface area contributed by atoms with Gasteiger partial charge in [-0.3, -0.25) is 9.69 Å². The van der Waals surface area contributed by atoms with Crippen molar-refractivity contribution in [3.8, 4) is 0 Å². The molecule has 2 fully saturated rings. The number of rotatable bonds is 2. The van der Waals surface area contributed by atoms with E-state index in [9.17, 15) is 4.79 Å². The molecule has 0 spiro atoms. The molecule has 132 valence electrons. The van der Waals surface area contributed by atoms with E-state index in [0.29, 0.717) is 19.2 Å². The molecule has 1 aliphatic heterocycles. The highest BCUT2D eigenvalue weighted by molar-refractivity contribution is 5.79. The standard InChI is InChI=1S/C20H30N2O2/c1-16-6-4-7-17(14-16)15-22-11-5-12-24-13-10-21-20(23)18-8-2-3-9-19(18)22/h4,6-7,14,18-19H,2-3,5,8-13,15H2,1H3,(H,21,23)/t18-,19+/m1/s1. The molecule has 0 radical (unpaired) electrons. The van der Waals surface area contributed by atoms with Crippen molar-refractivity contribution in [1.29, 1.82) is 0 Å². The van der Waals surface area contributed by atoms with E-state index >= 15 is 0 Å². The van der Waals surface area contributed by atoms with E-state index in [-0.39, 0.29) is 11.8 Å². The molecular weight excluding hydrogens is 300 g/mol. The van der Waals surface area contributed by atoms with Crippen molar-refractivity contribution in [1.82, 2.24) is 10.2 Å². The van der Waals surface area contributed by atoms with Gasteiger partial charge in [0.2, 0.25) is 5.91 Å². The average Bonchev–Trinajstić information content (AvgIpc) is 2.62. The minimum Gasteiger partial charge on any atom is -0.380 e. The summed E-state index contributed by atoms with van der Waals surface area (Å²) in [5.74, 6) is 0.348. The van der Waals surface area contributed by atoms with Crippen molar-refractivity contribution in [2.24, 2.45) is 5.92 Å².